The van der Waals surface area contributed by atoms with Gasteiger partial charge in [-0.1, -0.05) is 32.4 Å². The summed E-state index contributed by atoms with van der Waals surface area (Å²) in [7, 11) is 0. The number of ether oxygens (including phenoxy) is 1. The van der Waals surface area contributed by atoms with Crippen molar-refractivity contribution < 1.29 is 9.53 Å². The largest absolute Gasteiger partial charge is 0.492 e. The Morgan fingerprint density at radius 3 is 2.61 bits per heavy atom. The van der Waals surface area contributed by atoms with Crippen molar-refractivity contribution in [1.29, 1.82) is 0 Å². The molecule has 1 aliphatic rings. The van der Waals surface area contributed by atoms with Gasteiger partial charge in [0, 0.05) is 12.0 Å². The Morgan fingerprint density at radius 1 is 1.30 bits per heavy atom. The van der Waals surface area contributed by atoms with Crippen LogP contribution < -0.4 is 15.8 Å². The maximum Gasteiger partial charge on any atom is 0.223 e. The smallest absolute Gasteiger partial charge is 0.223 e. The number of nitrogens with one attached hydrogen (secondary N) is 1. The lowest BCUT2D eigenvalue weighted by Gasteiger charge is -2.25. The third kappa shape index (κ3) is 6.40. The first-order valence-corrected chi connectivity index (χ1v) is 8.32. The minimum absolute atomic E-state index is 0. The first kappa shape index (κ1) is 19.8. The first-order chi connectivity index (χ1) is 10.6. The lowest BCUT2D eigenvalue weighted by molar-refractivity contribution is -0.126. The fraction of sp³-hybridized carbons (Fsp3) is 0.611. The van der Waals surface area contributed by atoms with Gasteiger partial charge in [-0.25, -0.2) is 0 Å². The monoisotopic (exact) mass is 340 g/mol. The Hall–Kier alpha value is -1.26. The van der Waals surface area contributed by atoms with Crippen LogP contribution in [0.3, 0.4) is 0 Å². The molecule has 1 fully saturated rings. The van der Waals surface area contributed by atoms with Gasteiger partial charge in [-0.2, -0.15) is 0 Å². The van der Waals surface area contributed by atoms with Crippen molar-refractivity contribution in [3.8, 4) is 5.75 Å². The van der Waals surface area contributed by atoms with Crippen molar-refractivity contribution >= 4 is 18.3 Å². The molecule has 23 heavy (non-hydrogen) atoms. The second-order valence-corrected chi connectivity index (χ2v) is 6.49. The third-order valence-electron chi connectivity index (χ3n) is 4.30. The normalized spacial score (nSPS) is 20.7. The molecule has 0 bridgehead atoms. The lowest BCUT2D eigenvalue weighted by atomic mass is 9.85. The molecular formula is C18H29ClN2O2. The van der Waals surface area contributed by atoms with E-state index in [1.165, 1.54) is 5.56 Å². The van der Waals surface area contributed by atoms with Crippen molar-refractivity contribution in [3.63, 3.8) is 0 Å². The van der Waals surface area contributed by atoms with Crippen LogP contribution in [0, 0.1) is 5.92 Å². The predicted molar refractivity (Wildman–Crippen MR) is 96.2 cm³/mol. The van der Waals surface area contributed by atoms with E-state index < -0.39 is 0 Å². The minimum atomic E-state index is 0. The minimum Gasteiger partial charge on any atom is -0.492 e. The molecule has 1 aromatic rings. The van der Waals surface area contributed by atoms with E-state index in [1.54, 1.807) is 0 Å². The number of amides is 1. The van der Waals surface area contributed by atoms with Gasteiger partial charge in [-0.05, 0) is 42.9 Å². The highest BCUT2D eigenvalue weighted by Crippen LogP contribution is 2.23. The lowest BCUT2D eigenvalue weighted by Crippen LogP contribution is -2.39. The number of benzene rings is 1. The van der Waals surface area contributed by atoms with Gasteiger partial charge in [0.05, 0.1) is 6.54 Å². The summed E-state index contributed by atoms with van der Waals surface area (Å²) in [4.78, 5) is 12.1. The van der Waals surface area contributed by atoms with Crippen molar-refractivity contribution in [2.75, 3.05) is 13.2 Å². The van der Waals surface area contributed by atoms with Gasteiger partial charge < -0.3 is 15.8 Å². The molecule has 4 nitrogen and oxygen atoms in total. The fourth-order valence-electron chi connectivity index (χ4n) is 2.90. The molecule has 3 N–H and O–H groups in total. The summed E-state index contributed by atoms with van der Waals surface area (Å²) < 4.78 is 5.66. The first-order valence-electron chi connectivity index (χ1n) is 8.32. The number of rotatable bonds is 6. The highest BCUT2D eigenvalue weighted by molar-refractivity contribution is 5.85. The molecule has 0 radical (unpaired) electrons. The van der Waals surface area contributed by atoms with Crippen molar-refractivity contribution in [3.05, 3.63) is 29.8 Å². The number of nitrogens with two attached hydrogens (primary N) is 1. The zero-order chi connectivity index (χ0) is 15.9. The molecular weight excluding hydrogens is 312 g/mol. The van der Waals surface area contributed by atoms with E-state index in [1.807, 2.05) is 12.1 Å². The number of carbonyl (C=O) groups is 1. The van der Waals surface area contributed by atoms with Crippen LogP contribution in [0.5, 0.6) is 5.75 Å². The predicted octanol–water partition coefficient (Wildman–Crippen LogP) is 3.24. The highest BCUT2D eigenvalue weighted by atomic mass is 35.5. The molecule has 1 amide bonds. The maximum atomic E-state index is 12.1. The standard InChI is InChI=1S/C18H28N2O2.ClH/c1-13(2)14-6-8-17(9-7-14)22-11-10-20-18(21)15-4-3-5-16(19)12-15;/h6-9,13,15-16H,3-5,10-12,19H2,1-2H3,(H,20,21);1H. The number of halogens is 1. The number of hydrogen-bond donors (Lipinski definition) is 2. The van der Waals surface area contributed by atoms with Crippen LogP contribution in [0.1, 0.15) is 51.0 Å². The zero-order valence-electron chi connectivity index (χ0n) is 14.1. The summed E-state index contributed by atoms with van der Waals surface area (Å²) in [6, 6.07) is 8.32. The average Bonchev–Trinajstić information content (AvgIpc) is 2.51. The van der Waals surface area contributed by atoms with Gasteiger partial charge in [0.2, 0.25) is 5.91 Å². The molecule has 0 spiro atoms. The van der Waals surface area contributed by atoms with Gasteiger partial charge in [-0.3, -0.25) is 4.79 Å². The van der Waals surface area contributed by atoms with Crippen LogP contribution >= 0.6 is 12.4 Å². The van der Waals surface area contributed by atoms with E-state index in [4.69, 9.17) is 10.5 Å². The zero-order valence-corrected chi connectivity index (χ0v) is 14.9. The van der Waals surface area contributed by atoms with E-state index in [2.05, 4.69) is 31.3 Å². The molecule has 5 heteroatoms. The fourth-order valence-corrected chi connectivity index (χ4v) is 2.90. The maximum absolute atomic E-state index is 12.1. The SMILES string of the molecule is CC(C)c1ccc(OCCNC(=O)C2CCCC(N)C2)cc1.Cl. The summed E-state index contributed by atoms with van der Waals surface area (Å²) in [6.45, 7) is 5.37. The summed E-state index contributed by atoms with van der Waals surface area (Å²) in [6.07, 6.45) is 3.86. The van der Waals surface area contributed by atoms with Crippen LogP contribution in [0.15, 0.2) is 24.3 Å². The van der Waals surface area contributed by atoms with Gasteiger partial charge in [0.15, 0.2) is 0 Å². The molecule has 2 rings (SSSR count). The molecule has 130 valence electrons. The van der Waals surface area contributed by atoms with Gasteiger partial charge in [0.1, 0.15) is 12.4 Å². The molecule has 0 saturated heterocycles. The van der Waals surface area contributed by atoms with E-state index in [9.17, 15) is 4.79 Å². The van der Waals surface area contributed by atoms with Gasteiger partial charge >= 0.3 is 0 Å². The van der Waals surface area contributed by atoms with Gasteiger partial charge in [0.25, 0.3) is 0 Å². The quantitative estimate of drug-likeness (QED) is 0.781. The molecule has 2 unspecified atom stereocenters. The Labute approximate surface area is 145 Å². The number of carbonyl (C=O) groups excluding carboxylic acids is 1. The molecule has 1 saturated carbocycles. The Bertz CT molecular complexity index is 476. The second kappa shape index (κ2) is 9.78. The topological polar surface area (TPSA) is 64.3 Å². The molecule has 0 aromatic heterocycles. The van der Waals surface area contributed by atoms with E-state index in [-0.39, 0.29) is 30.3 Å². The van der Waals surface area contributed by atoms with E-state index >= 15 is 0 Å². The molecule has 2 atom stereocenters. The van der Waals surface area contributed by atoms with Crippen LogP contribution in [-0.2, 0) is 4.79 Å². The van der Waals surface area contributed by atoms with Crippen molar-refractivity contribution in [2.24, 2.45) is 11.7 Å². The van der Waals surface area contributed by atoms with E-state index in [0.717, 1.165) is 31.4 Å². The molecule has 0 heterocycles. The Balaban J connectivity index is 0.00000264. The van der Waals surface area contributed by atoms with Crippen LogP contribution in [0.2, 0.25) is 0 Å². The summed E-state index contributed by atoms with van der Waals surface area (Å²) in [5, 5.41) is 2.95. The summed E-state index contributed by atoms with van der Waals surface area (Å²) in [5.74, 6) is 1.57. The molecule has 0 aliphatic heterocycles. The average molecular weight is 341 g/mol. The number of hydrogen-bond acceptors (Lipinski definition) is 3. The van der Waals surface area contributed by atoms with Crippen molar-refractivity contribution in [2.45, 2.75) is 51.5 Å². The van der Waals surface area contributed by atoms with Crippen molar-refractivity contribution in [1.82, 2.24) is 5.32 Å². The third-order valence-corrected chi connectivity index (χ3v) is 4.30. The van der Waals surface area contributed by atoms with Crippen LogP contribution in [0.25, 0.3) is 0 Å². The second-order valence-electron chi connectivity index (χ2n) is 6.49. The van der Waals surface area contributed by atoms with Crippen LogP contribution in [0.4, 0.5) is 0 Å². The van der Waals surface area contributed by atoms with Crippen LogP contribution in [-0.4, -0.2) is 25.1 Å². The molecule has 1 aromatic carbocycles. The summed E-state index contributed by atoms with van der Waals surface area (Å²) >= 11 is 0. The molecule has 1 aliphatic carbocycles. The van der Waals surface area contributed by atoms with Gasteiger partial charge in [-0.15, -0.1) is 12.4 Å². The highest BCUT2D eigenvalue weighted by Gasteiger charge is 2.24. The Kier molecular flexibility index (Phi) is 8.42. The summed E-state index contributed by atoms with van der Waals surface area (Å²) in [5.41, 5.74) is 7.22. The van der Waals surface area contributed by atoms with E-state index in [0.29, 0.717) is 19.1 Å². The Morgan fingerprint density at radius 2 is 2.00 bits per heavy atom.